The summed E-state index contributed by atoms with van der Waals surface area (Å²) in [6, 6.07) is 4.70. The maximum atomic E-state index is 10.6. The summed E-state index contributed by atoms with van der Waals surface area (Å²) in [5, 5.41) is 18.0. The highest BCUT2D eigenvalue weighted by Crippen LogP contribution is 2.20. The Labute approximate surface area is 78.7 Å². The van der Waals surface area contributed by atoms with Crippen molar-refractivity contribution in [1.29, 1.82) is 0 Å². The van der Waals surface area contributed by atoms with Crippen molar-refractivity contribution in [3.8, 4) is 5.75 Å². The summed E-state index contributed by atoms with van der Waals surface area (Å²) >= 11 is 0. The van der Waals surface area contributed by atoms with Crippen molar-refractivity contribution in [3.63, 3.8) is 0 Å². The van der Waals surface area contributed by atoms with Crippen LogP contribution in [0.3, 0.4) is 0 Å². The van der Waals surface area contributed by atoms with E-state index in [1.165, 1.54) is 6.07 Å². The third-order valence-corrected chi connectivity index (χ3v) is 1.77. The molecule has 1 heterocycles. The summed E-state index contributed by atoms with van der Waals surface area (Å²) in [5.41, 5.74) is 0.487. The van der Waals surface area contributed by atoms with Crippen LogP contribution in [0, 0.1) is 0 Å². The molecule has 0 aliphatic heterocycles. The van der Waals surface area contributed by atoms with E-state index in [0.717, 1.165) is 6.20 Å². The summed E-state index contributed by atoms with van der Waals surface area (Å²) in [4.78, 5) is 18.2. The van der Waals surface area contributed by atoms with Crippen LogP contribution in [0.5, 0.6) is 5.75 Å². The summed E-state index contributed by atoms with van der Waals surface area (Å²) in [5.74, 6) is -1.24. The molecule has 14 heavy (non-hydrogen) atoms. The van der Waals surface area contributed by atoms with Crippen LogP contribution in [-0.4, -0.2) is 26.2 Å². The van der Waals surface area contributed by atoms with Crippen LogP contribution >= 0.6 is 0 Å². The van der Waals surface area contributed by atoms with Gasteiger partial charge in [0.15, 0.2) is 5.69 Å². The molecule has 0 saturated heterocycles. The quantitative estimate of drug-likeness (QED) is 0.701. The number of phenolic OH excluding ortho intramolecular Hbond substituents is 1. The van der Waals surface area contributed by atoms with Crippen molar-refractivity contribution in [2.24, 2.45) is 0 Å². The van der Waals surface area contributed by atoms with Crippen molar-refractivity contribution in [3.05, 3.63) is 30.1 Å². The first kappa shape index (κ1) is 8.43. The fourth-order valence-corrected chi connectivity index (χ4v) is 1.12. The van der Waals surface area contributed by atoms with Crippen LogP contribution in [0.25, 0.3) is 11.0 Å². The molecule has 0 aliphatic rings. The van der Waals surface area contributed by atoms with Gasteiger partial charge in [-0.15, -0.1) is 0 Å². The van der Waals surface area contributed by atoms with E-state index in [0.29, 0.717) is 5.52 Å². The van der Waals surface area contributed by atoms with Gasteiger partial charge in [-0.1, -0.05) is 6.07 Å². The Morgan fingerprint density at radius 2 is 2.14 bits per heavy atom. The number of hydrogen-bond donors (Lipinski definition) is 2. The van der Waals surface area contributed by atoms with E-state index < -0.39 is 5.97 Å². The number of phenols is 1. The maximum absolute atomic E-state index is 10.6. The molecule has 2 rings (SSSR count). The lowest BCUT2D eigenvalue weighted by molar-refractivity contribution is 0.0690. The fraction of sp³-hybridized carbons (Fsp3) is 0. The second-order valence-corrected chi connectivity index (χ2v) is 2.71. The van der Waals surface area contributed by atoms with Gasteiger partial charge >= 0.3 is 5.97 Å². The second kappa shape index (κ2) is 2.95. The molecule has 0 spiro atoms. The van der Waals surface area contributed by atoms with E-state index in [-0.39, 0.29) is 17.0 Å². The monoisotopic (exact) mass is 190 g/mol. The Bertz CT molecular complexity index is 510. The molecule has 2 aromatic rings. The Hall–Kier alpha value is -2.17. The molecule has 5 nitrogen and oxygen atoms in total. The van der Waals surface area contributed by atoms with Crippen molar-refractivity contribution in [2.75, 3.05) is 0 Å². The molecule has 0 radical (unpaired) electrons. The number of fused-ring (bicyclic) bond motifs is 1. The lowest BCUT2D eigenvalue weighted by atomic mass is 10.2. The number of hydrogen-bond acceptors (Lipinski definition) is 4. The predicted molar refractivity (Wildman–Crippen MR) is 48.2 cm³/mol. The van der Waals surface area contributed by atoms with Gasteiger partial charge in [0.2, 0.25) is 0 Å². The number of aromatic hydroxyl groups is 1. The average molecular weight is 190 g/mol. The van der Waals surface area contributed by atoms with Crippen LogP contribution in [-0.2, 0) is 0 Å². The minimum Gasteiger partial charge on any atom is -0.506 e. The third-order valence-electron chi connectivity index (χ3n) is 1.77. The lowest BCUT2D eigenvalue weighted by Crippen LogP contribution is -2.01. The van der Waals surface area contributed by atoms with Crippen LogP contribution in [0.4, 0.5) is 0 Å². The van der Waals surface area contributed by atoms with Gasteiger partial charge in [0, 0.05) is 0 Å². The van der Waals surface area contributed by atoms with Gasteiger partial charge in [0.05, 0.1) is 11.7 Å². The zero-order valence-corrected chi connectivity index (χ0v) is 7.01. The van der Waals surface area contributed by atoms with Gasteiger partial charge in [0.25, 0.3) is 0 Å². The van der Waals surface area contributed by atoms with Crippen LogP contribution in [0.15, 0.2) is 24.4 Å². The second-order valence-electron chi connectivity index (χ2n) is 2.71. The van der Waals surface area contributed by atoms with Crippen LogP contribution < -0.4 is 0 Å². The molecule has 2 N–H and O–H groups in total. The van der Waals surface area contributed by atoms with E-state index in [9.17, 15) is 9.90 Å². The standard InChI is InChI=1S/C9H6N2O3/c12-7-3-1-2-5-8(7)11-6(4-10-5)9(13)14/h1-4,12H,(H,13,14). The normalized spacial score (nSPS) is 10.3. The van der Waals surface area contributed by atoms with Crippen LogP contribution in [0.1, 0.15) is 10.5 Å². The first-order valence-electron chi connectivity index (χ1n) is 3.86. The molecule has 0 unspecified atom stereocenters. The highest BCUT2D eigenvalue weighted by Gasteiger charge is 2.08. The number of para-hydroxylation sites is 1. The van der Waals surface area contributed by atoms with Gasteiger partial charge in [-0.3, -0.25) is 4.98 Å². The van der Waals surface area contributed by atoms with E-state index in [1.807, 2.05) is 0 Å². The number of carboxylic acids is 1. The molecular weight excluding hydrogens is 184 g/mol. The molecule has 1 aromatic heterocycles. The topological polar surface area (TPSA) is 83.3 Å². The first-order chi connectivity index (χ1) is 6.68. The Morgan fingerprint density at radius 1 is 1.36 bits per heavy atom. The summed E-state index contributed by atoms with van der Waals surface area (Å²) in [6.45, 7) is 0. The Balaban J connectivity index is 2.76. The van der Waals surface area contributed by atoms with Crippen LogP contribution in [0.2, 0.25) is 0 Å². The largest absolute Gasteiger partial charge is 0.506 e. The van der Waals surface area contributed by atoms with Gasteiger partial charge in [-0.25, -0.2) is 9.78 Å². The number of aromatic carboxylic acids is 1. The zero-order valence-electron chi connectivity index (χ0n) is 7.01. The molecule has 5 heteroatoms. The molecule has 0 amide bonds. The molecular formula is C9H6N2O3. The lowest BCUT2D eigenvalue weighted by Gasteiger charge is -1.99. The van der Waals surface area contributed by atoms with Gasteiger partial charge in [-0.2, -0.15) is 0 Å². The van der Waals surface area contributed by atoms with E-state index in [2.05, 4.69) is 9.97 Å². The number of carboxylic acid groups (broad SMARTS) is 1. The highest BCUT2D eigenvalue weighted by atomic mass is 16.4. The summed E-state index contributed by atoms with van der Waals surface area (Å²) < 4.78 is 0. The van der Waals surface area contributed by atoms with Gasteiger partial charge in [0.1, 0.15) is 11.3 Å². The molecule has 0 atom stereocenters. The van der Waals surface area contributed by atoms with Crippen molar-refractivity contribution in [2.45, 2.75) is 0 Å². The first-order valence-corrected chi connectivity index (χ1v) is 3.86. The van der Waals surface area contributed by atoms with Crippen molar-refractivity contribution >= 4 is 17.0 Å². The Morgan fingerprint density at radius 3 is 2.86 bits per heavy atom. The van der Waals surface area contributed by atoms with E-state index in [4.69, 9.17) is 5.11 Å². The number of nitrogens with zero attached hydrogens (tertiary/aromatic N) is 2. The highest BCUT2D eigenvalue weighted by molar-refractivity contribution is 5.89. The van der Waals surface area contributed by atoms with Crippen molar-refractivity contribution < 1.29 is 15.0 Å². The molecule has 1 aromatic carbocycles. The molecule has 70 valence electrons. The Kier molecular flexibility index (Phi) is 1.78. The third kappa shape index (κ3) is 1.24. The summed E-state index contributed by atoms with van der Waals surface area (Å²) in [7, 11) is 0. The number of rotatable bonds is 1. The average Bonchev–Trinajstić information content (AvgIpc) is 2.18. The number of benzene rings is 1. The predicted octanol–water partition coefficient (Wildman–Crippen LogP) is 1.03. The molecule has 0 aliphatic carbocycles. The molecule has 0 fully saturated rings. The van der Waals surface area contributed by atoms with E-state index in [1.54, 1.807) is 12.1 Å². The molecule has 0 saturated carbocycles. The zero-order chi connectivity index (χ0) is 10.1. The SMILES string of the molecule is O=C(O)c1cnc2cccc(O)c2n1. The smallest absolute Gasteiger partial charge is 0.356 e. The number of carbonyl (C=O) groups is 1. The maximum Gasteiger partial charge on any atom is 0.356 e. The fourth-order valence-electron chi connectivity index (χ4n) is 1.12. The minimum atomic E-state index is -1.16. The minimum absolute atomic E-state index is 0.0712. The van der Waals surface area contributed by atoms with E-state index >= 15 is 0 Å². The van der Waals surface area contributed by atoms with Gasteiger partial charge < -0.3 is 10.2 Å². The van der Waals surface area contributed by atoms with Gasteiger partial charge in [-0.05, 0) is 12.1 Å². The number of aromatic nitrogens is 2. The summed E-state index contributed by atoms with van der Waals surface area (Å²) in [6.07, 6.45) is 1.16. The van der Waals surface area contributed by atoms with Crippen molar-refractivity contribution in [1.82, 2.24) is 9.97 Å². The molecule has 0 bridgehead atoms.